The van der Waals surface area contributed by atoms with Crippen LogP contribution in [-0.2, 0) is 11.0 Å². The minimum absolute atomic E-state index is 0.140. The summed E-state index contributed by atoms with van der Waals surface area (Å²) >= 11 is 12.0. The molecule has 0 bridgehead atoms. The molecule has 2 aromatic rings. The zero-order chi connectivity index (χ0) is 20.9. The van der Waals surface area contributed by atoms with E-state index in [1.54, 1.807) is 6.92 Å². The highest BCUT2D eigenvalue weighted by Crippen LogP contribution is 2.31. The number of oxime groups is 1. The van der Waals surface area contributed by atoms with E-state index in [1.807, 2.05) is 0 Å². The van der Waals surface area contributed by atoms with Gasteiger partial charge in [-0.2, -0.15) is 13.2 Å². The predicted molar refractivity (Wildman–Crippen MR) is 101 cm³/mol. The molecule has 1 aromatic heterocycles. The van der Waals surface area contributed by atoms with Gasteiger partial charge >= 0.3 is 6.18 Å². The number of alkyl halides is 3. The van der Waals surface area contributed by atoms with E-state index >= 15 is 0 Å². The predicted octanol–water partition coefficient (Wildman–Crippen LogP) is 4.97. The fourth-order valence-electron chi connectivity index (χ4n) is 2.34. The van der Waals surface area contributed by atoms with Crippen molar-refractivity contribution in [3.05, 3.63) is 63.4 Å². The van der Waals surface area contributed by atoms with Crippen LogP contribution in [0.25, 0.3) is 0 Å². The summed E-state index contributed by atoms with van der Waals surface area (Å²) in [7, 11) is 0. The number of carbonyl (C=O) groups is 1. The largest absolute Gasteiger partial charge is 0.417 e. The van der Waals surface area contributed by atoms with Gasteiger partial charge < -0.3 is 10.2 Å². The summed E-state index contributed by atoms with van der Waals surface area (Å²) < 4.78 is 39.5. The molecule has 0 fully saturated rings. The van der Waals surface area contributed by atoms with Gasteiger partial charge in [-0.1, -0.05) is 40.5 Å². The standard InChI is InChI=1S/C18H16Cl2F3N3O2/c1-3-28-26-15(16-14(20)8-11(19)9-24-16)10(2)25-17(27)12-6-4-5-7-13(12)18(21,22)23/h4-10H,3H2,1-2H3,(H,25,27). The molecule has 10 heteroatoms. The number of rotatable bonds is 6. The first-order chi connectivity index (χ1) is 13.1. The molecule has 28 heavy (non-hydrogen) atoms. The molecule has 1 N–H and O–H groups in total. The lowest BCUT2D eigenvalue weighted by Crippen LogP contribution is -2.40. The molecule has 0 aliphatic rings. The molecule has 0 saturated heterocycles. The Morgan fingerprint density at radius 3 is 2.61 bits per heavy atom. The van der Waals surface area contributed by atoms with Crippen LogP contribution >= 0.6 is 23.2 Å². The van der Waals surface area contributed by atoms with Crippen molar-refractivity contribution >= 4 is 34.8 Å². The second-order valence-corrected chi connectivity index (χ2v) is 6.46. The van der Waals surface area contributed by atoms with Crippen LogP contribution in [0.1, 0.15) is 35.5 Å². The Morgan fingerprint density at radius 1 is 1.32 bits per heavy atom. The Balaban J connectivity index is 2.34. The Kier molecular flexibility index (Phi) is 7.26. The molecule has 1 unspecified atom stereocenters. The van der Waals surface area contributed by atoms with E-state index in [-0.39, 0.29) is 23.0 Å². The van der Waals surface area contributed by atoms with Gasteiger partial charge in [0.05, 0.1) is 27.2 Å². The lowest BCUT2D eigenvalue weighted by Gasteiger charge is -2.18. The average Bonchev–Trinajstić information content (AvgIpc) is 2.62. The second-order valence-electron chi connectivity index (χ2n) is 5.62. The summed E-state index contributed by atoms with van der Waals surface area (Å²) in [5.41, 5.74) is -1.21. The van der Waals surface area contributed by atoms with E-state index in [0.29, 0.717) is 5.02 Å². The van der Waals surface area contributed by atoms with Crippen molar-refractivity contribution in [3.63, 3.8) is 0 Å². The van der Waals surface area contributed by atoms with Crippen LogP contribution in [0.5, 0.6) is 0 Å². The van der Waals surface area contributed by atoms with Crippen LogP contribution in [0.4, 0.5) is 13.2 Å². The Labute approximate surface area is 169 Å². The summed E-state index contributed by atoms with van der Waals surface area (Å²) in [6.07, 6.45) is -3.34. The van der Waals surface area contributed by atoms with Crippen molar-refractivity contribution in [1.29, 1.82) is 0 Å². The van der Waals surface area contributed by atoms with Crippen molar-refractivity contribution in [2.45, 2.75) is 26.1 Å². The van der Waals surface area contributed by atoms with Crippen molar-refractivity contribution < 1.29 is 22.8 Å². The average molecular weight is 434 g/mol. The number of benzene rings is 1. The summed E-state index contributed by atoms with van der Waals surface area (Å²) in [5, 5.41) is 6.83. The first-order valence-corrected chi connectivity index (χ1v) is 8.89. The number of hydrogen-bond acceptors (Lipinski definition) is 4. The molecular weight excluding hydrogens is 418 g/mol. The first kappa shape index (κ1) is 22.0. The smallest absolute Gasteiger partial charge is 0.396 e. The summed E-state index contributed by atoms with van der Waals surface area (Å²) in [4.78, 5) is 21.6. The normalized spacial score (nSPS) is 13.2. The van der Waals surface area contributed by atoms with Gasteiger partial charge in [-0.3, -0.25) is 9.78 Å². The SMILES string of the molecule is CCON=C(c1ncc(Cl)cc1Cl)C(C)NC(=O)c1ccccc1C(F)(F)F. The van der Waals surface area contributed by atoms with Gasteiger partial charge in [0, 0.05) is 6.20 Å². The minimum Gasteiger partial charge on any atom is -0.396 e. The summed E-state index contributed by atoms with van der Waals surface area (Å²) in [5.74, 6) is -0.922. The van der Waals surface area contributed by atoms with Crippen molar-refractivity contribution in [2.75, 3.05) is 6.61 Å². The summed E-state index contributed by atoms with van der Waals surface area (Å²) in [6, 6.07) is 5.07. The highest BCUT2D eigenvalue weighted by atomic mass is 35.5. The molecular formula is C18H16Cl2F3N3O2. The molecule has 0 saturated carbocycles. The van der Waals surface area contributed by atoms with E-state index in [9.17, 15) is 18.0 Å². The highest BCUT2D eigenvalue weighted by molar-refractivity contribution is 6.36. The monoisotopic (exact) mass is 433 g/mol. The number of halogens is 5. The lowest BCUT2D eigenvalue weighted by molar-refractivity contribution is -0.137. The van der Waals surface area contributed by atoms with Crippen molar-refractivity contribution in [1.82, 2.24) is 10.3 Å². The zero-order valence-electron chi connectivity index (χ0n) is 14.8. The number of nitrogens with zero attached hydrogens (tertiary/aromatic N) is 2. The molecule has 0 spiro atoms. The highest BCUT2D eigenvalue weighted by Gasteiger charge is 2.35. The van der Waals surface area contributed by atoms with E-state index in [2.05, 4.69) is 15.5 Å². The molecule has 2 rings (SSSR count). The zero-order valence-corrected chi connectivity index (χ0v) is 16.4. The third kappa shape index (κ3) is 5.36. The Bertz CT molecular complexity index is 889. The molecule has 1 amide bonds. The van der Waals surface area contributed by atoms with E-state index in [4.69, 9.17) is 28.0 Å². The number of amides is 1. The third-order valence-electron chi connectivity index (χ3n) is 3.58. The molecule has 150 valence electrons. The quantitative estimate of drug-likeness (QED) is 0.516. The minimum atomic E-state index is -4.67. The van der Waals surface area contributed by atoms with Crippen LogP contribution < -0.4 is 5.32 Å². The fourth-order valence-corrected chi connectivity index (χ4v) is 2.81. The maximum absolute atomic E-state index is 13.2. The van der Waals surface area contributed by atoms with Crippen molar-refractivity contribution in [2.24, 2.45) is 5.16 Å². The van der Waals surface area contributed by atoms with Crippen LogP contribution in [0.2, 0.25) is 10.0 Å². The maximum Gasteiger partial charge on any atom is 0.417 e. The second kappa shape index (κ2) is 9.25. The first-order valence-electron chi connectivity index (χ1n) is 8.13. The number of aromatic nitrogens is 1. The van der Waals surface area contributed by atoms with Gasteiger partial charge in [-0.05, 0) is 32.0 Å². The van der Waals surface area contributed by atoms with E-state index < -0.39 is 29.3 Å². The van der Waals surface area contributed by atoms with Gasteiger partial charge in [-0.15, -0.1) is 0 Å². The number of pyridine rings is 1. The molecule has 5 nitrogen and oxygen atoms in total. The van der Waals surface area contributed by atoms with Crippen LogP contribution in [0, 0.1) is 0 Å². The van der Waals surface area contributed by atoms with E-state index in [1.165, 1.54) is 31.3 Å². The van der Waals surface area contributed by atoms with Gasteiger partial charge in [0.2, 0.25) is 0 Å². The molecule has 0 radical (unpaired) electrons. The molecule has 0 aliphatic heterocycles. The molecule has 0 aliphatic carbocycles. The fraction of sp³-hybridized carbons (Fsp3) is 0.278. The molecule has 1 heterocycles. The van der Waals surface area contributed by atoms with Gasteiger partial charge in [0.25, 0.3) is 5.91 Å². The number of hydrogen-bond donors (Lipinski definition) is 1. The number of nitrogens with one attached hydrogen (secondary N) is 1. The number of carbonyl (C=O) groups excluding carboxylic acids is 1. The summed E-state index contributed by atoms with van der Waals surface area (Å²) in [6.45, 7) is 3.45. The van der Waals surface area contributed by atoms with Crippen LogP contribution in [-0.4, -0.2) is 29.3 Å². The van der Waals surface area contributed by atoms with Gasteiger partial charge in [-0.25, -0.2) is 0 Å². The Hall–Kier alpha value is -2.32. The molecule has 1 aromatic carbocycles. The van der Waals surface area contributed by atoms with Crippen molar-refractivity contribution in [3.8, 4) is 0 Å². The lowest BCUT2D eigenvalue weighted by atomic mass is 10.0. The topological polar surface area (TPSA) is 63.6 Å². The maximum atomic E-state index is 13.2. The van der Waals surface area contributed by atoms with Gasteiger partial charge in [0.1, 0.15) is 18.0 Å². The Morgan fingerprint density at radius 2 is 2.00 bits per heavy atom. The van der Waals surface area contributed by atoms with Gasteiger partial charge in [0.15, 0.2) is 0 Å². The molecule has 1 atom stereocenters. The third-order valence-corrected chi connectivity index (χ3v) is 4.07. The van der Waals surface area contributed by atoms with Crippen LogP contribution in [0.3, 0.4) is 0 Å². The van der Waals surface area contributed by atoms with Crippen LogP contribution in [0.15, 0.2) is 41.7 Å². The van der Waals surface area contributed by atoms with E-state index in [0.717, 1.165) is 12.1 Å².